The standard InChI is InChI=1S/C17H22F3N3O2/c18-17(19,20)25-14-3-1-13(2-4-14)15-16(24)22-9-10-23(15)11-12-5-7-21-8-6-12/h1-4,12,15,21H,5-11H2,(H,22,24). The van der Waals surface area contributed by atoms with E-state index in [0.717, 1.165) is 39.0 Å². The molecule has 1 aromatic rings. The van der Waals surface area contributed by atoms with Crippen molar-refractivity contribution in [3.05, 3.63) is 29.8 Å². The van der Waals surface area contributed by atoms with Crippen molar-refractivity contribution in [1.82, 2.24) is 15.5 Å². The van der Waals surface area contributed by atoms with Crippen LogP contribution in [0.3, 0.4) is 0 Å². The van der Waals surface area contributed by atoms with E-state index in [2.05, 4.69) is 20.3 Å². The van der Waals surface area contributed by atoms with Crippen molar-refractivity contribution in [2.75, 3.05) is 32.7 Å². The molecule has 1 unspecified atom stereocenters. The number of hydrogen-bond donors (Lipinski definition) is 2. The van der Waals surface area contributed by atoms with E-state index in [1.807, 2.05) is 0 Å². The number of amides is 1. The number of piperidine rings is 1. The first-order chi connectivity index (χ1) is 11.9. The number of hydrogen-bond acceptors (Lipinski definition) is 4. The lowest BCUT2D eigenvalue weighted by atomic mass is 9.94. The summed E-state index contributed by atoms with van der Waals surface area (Å²) >= 11 is 0. The lowest BCUT2D eigenvalue weighted by Crippen LogP contribution is -2.51. The third kappa shape index (κ3) is 4.85. The van der Waals surface area contributed by atoms with E-state index in [-0.39, 0.29) is 11.7 Å². The van der Waals surface area contributed by atoms with Crippen molar-refractivity contribution < 1.29 is 22.7 Å². The minimum absolute atomic E-state index is 0.107. The van der Waals surface area contributed by atoms with Gasteiger partial charge in [0.2, 0.25) is 5.91 Å². The monoisotopic (exact) mass is 357 g/mol. The second kappa shape index (κ2) is 7.61. The fourth-order valence-electron chi connectivity index (χ4n) is 3.52. The van der Waals surface area contributed by atoms with Gasteiger partial charge in [0.25, 0.3) is 0 Å². The number of benzene rings is 1. The zero-order valence-electron chi connectivity index (χ0n) is 13.8. The van der Waals surface area contributed by atoms with Crippen molar-refractivity contribution in [3.63, 3.8) is 0 Å². The molecule has 1 amide bonds. The Balaban J connectivity index is 1.72. The topological polar surface area (TPSA) is 53.6 Å². The van der Waals surface area contributed by atoms with Crippen molar-refractivity contribution in [2.45, 2.75) is 25.2 Å². The van der Waals surface area contributed by atoms with Gasteiger partial charge >= 0.3 is 6.36 Å². The number of halogens is 3. The van der Waals surface area contributed by atoms with Gasteiger partial charge in [0, 0.05) is 19.6 Å². The van der Waals surface area contributed by atoms with Crippen LogP contribution in [-0.2, 0) is 4.79 Å². The largest absolute Gasteiger partial charge is 0.573 e. The van der Waals surface area contributed by atoms with Crippen molar-refractivity contribution in [2.24, 2.45) is 5.92 Å². The molecule has 2 saturated heterocycles. The molecular weight excluding hydrogens is 335 g/mol. The van der Waals surface area contributed by atoms with Gasteiger partial charge in [-0.05, 0) is 49.5 Å². The summed E-state index contributed by atoms with van der Waals surface area (Å²) in [6, 6.07) is 5.11. The average Bonchev–Trinajstić information content (AvgIpc) is 2.56. The number of nitrogens with one attached hydrogen (secondary N) is 2. The second-order valence-corrected chi connectivity index (χ2v) is 6.50. The van der Waals surface area contributed by atoms with Crippen LogP contribution in [0, 0.1) is 5.92 Å². The minimum Gasteiger partial charge on any atom is -0.406 e. The molecule has 0 aromatic heterocycles. The summed E-state index contributed by atoms with van der Waals surface area (Å²) in [6.07, 6.45) is -2.57. The first kappa shape index (κ1) is 18.0. The molecule has 8 heteroatoms. The van der Waals surface area contributed by atoms with Gasteiger partial charge in [-0.3, -0.25) is 9.69 Å². The highest BCUT2D eigenvalue weighted by molar-refractivity contribution is 5.84. The number of carbonyl (C=O) groups is 1. The maximum Gasteiger partial charge on any atom is 0.573 e. The molecule has 1 aromatic carbocycles. The maximum atomic E-state index is 12.4. The molecule has 5 nitrogen and oxygen atoms in total. The number of nitrogens with zero attached hydrogens (tertiary/aromatic N) is 1. The normalized spacial score (nSPS) is 23.3. The van der Waals surface area contributed by atoms with Crippen LogP contribution in [0.4, 0.5) is 13.2 Å². The fourth-order valence-corrected chi connectivity index (χ4v) is 3.52. The van der Waals surface area contributed by atoms with Crippen LogP contribution >= 0.6 is 0 Å². The molecule has 2 heterocycles. The molecule has 1 atom stereocenters. The quantitative estimate of drug-likeness (QED) is 0.866. The third-order valence-electron chi connectivity index (χ3n) is 4.69. The van der Waals surface area contributed by atoms with Gasteiger partial charge in [0.15, 0.2) is 0 Å². The second-order valence-electron chi connectivity index (χ2n) is 6.50. The minimum atomic E-state index is -4.72. The van der Waals surface area contributed by atoms with Crippen LogP contribution in [-0.4, -0.2) is 49.9 Å². The van der Waals surface area contributed by atoms with E-state index in [0.29, 0.717) is 18.0 Å². The van der Waals surface area contributed by atoms with Gasteiger partial charge in [-0.15, -0.1) is 13.2 Å². The van der Waals surface area contributed by atoms with E-state index >= 15 is 0 Å². The summed E-state index contributed by atoms with van der Waals surface area (Å²) in [7, 11) is 0. The Morgan fingerprint density at radius 2 is 1.80 bits per heavy atom. The summed E-state index contributed by atoms with van der Waals surface area (Å²) in [6.45, 7) is 4.12. The summed E-state index contributed by atoms with van der Waals surface area (Å²) < 4.78 is 40.7. The van der Waals surface area contributed by atoms with Crippen molar-refractivity contribution >= 4 is 5.91 Å². The molecule has 0 saturated carbocycles. The SMILES string of the molecule is O=C1NCCN(CC2CCNCC2)C1c1ccc(OC(F)(F)F)cc1. The Morgan fingerprint density at radius 1 is 1.12 bits per heavy atom. The Morgan fingerprint density at radius 3 is 2.44 bits per heavy atom. The van der Waals surface area contributed by atoms with Crippen molar-refractivity contribution in [3.8, 4) is 5.75 Å². The number of alkyl halides is 3. The molecule has 0 bridgehead atoms. The van der Waals surface area contributed by atoms with E-state index in [4.69, 9.17) is 0 Å². The van der Waals surface area contributed by atoms with Gasteiger partial charge in [0.05, 0.1) is 0 Å². The number of rotatable bonds is 4. The number of ether oxygens (including phenoxy) is 1. The zero-order chi connectivity index (χ0) is 17.9. The molecule has 2 fully saturated rings. The molecule has 0 aliphatic carbocycles. The highest BCUT2D eigenvalue weighted by Gasteiger charge is 2.34. The highest BCUT2D eigenvalue weighted by Crippen LogP contribution is 2.29. The molecule has 2 aliphatic heterocycles. The molecule has 3 rings (SSSR count). The van der Waals surface area contributed by atoms with Crippen LogP contribution in [0.2, 0.25) is 0 Å². The third-order valence-corrected chi connectivity index (χ3v) is 4.69. The maximum absolute atomic E-state index is 12.4. The van der Waals surface area contributed by atoms with Crippen LogP contribution in [0.1, 0.15) is 24.4 Å². The summed E-state index contributed by atoms with van der Waals surface area (Å²) in [5.41, 5.74) is 0.681. The average molecular weight is 357 g/mol. The highest BCUT2D eigenvalue weighted by atomic mass is 19.4. The molecular formula is C17H22F3N3O2. The predicted molar refractivity (Wildman–Crippen MR) is 86.0 cm³/mol. The van der Waals surface area contributed by atoms with Crippen LogP contribution in [0.25, 0.3) is 0 Å². The molecule has 0 spiro atoms. The van der Waals surface area contributed by atoms with Gasteiger partial charge in [-0.25, -0.2) is 0 Å². The smallest absolute Gasteiger partial charge is 0.406 e. The Labute approximate surface area is 144 Å². The van der Waals surface area contributed by atoms with Gasteiger partial charge in [-0.1, -0.05) is 12.1 Å². The molecule has 2 aliphatic rings. The van der Waals surface area contributed by atoms with E-state index < -0.39 is 12.4 Å². The first-order valence-corrected chi connectivity index (χ1v) is 8.50. The molecule has 138 valence electrons. The van der Waals surface area contributed by atoms with Gasteiger partial charge in [0.1, 0.15) is 11.8 Å². The lowest BCUT2D eigenvalue weighted by Gasteiger charge is -2.38. The van der Waals surface area contributed by atoms with Crippen LogP contribution < -0.4 is 15.4 Å². The van der Waals surface area contributed by atoms with Gasteiger partial charge < -0.3 is 15.4 Å². The first-order valence-electron chi connectivity index (χ1n) is 8.50. The zero-order valence-corrected chi connectivity index (χ0v) is 13.8. The van der Waals surface area contributed by atoms with Gasteiger partial charge in [-0.2, -0.15) is 0 Å². The van der Waals surface area contributed by atoms with E-state index in [1.54, 1.807) is 0 Å². The molecule has 25 heavy (non-hydrogen) atoms. The van der Waals surface area contributed by atoms with E-state index in [9.17, 15) is 18.0 Å². The molecule has 0 radical (unpaired) electrons. The Hall–Kier alpha value is -1.80. The number of carbonyl (C=O) groups excluding carboxylic acids is 1. The van der Waals surface area contributed by atoms with Crippen molar-refractivity contribution in [1.29, 1.82) is 0 Å². The predicted octanol–water partition coefficient (Wildman–Crippen LogP) is 2.06. The lowest BCUT2D eigenvalue weighted by molar-refractivity contribution is -0.274. The van der Waals surface area contributed by atoms with Crippen LogP contribution in [0.5, 0.6) is 5.75 Å². The fraction of sp³-hybridized carbons (Fsp3) is 0.588. The summed E-state index contributed by atoms with van der Waals surface area (Å²) in [5, 5.41) is 6.17. The summed E-state index contributed by atoms with van der Waals surface area (Å²) in [4.78, 5) is 14.5. The van der Waals surface area contributed by atoms with Crippen LogP contribution in [0.15, 0.2) is 24.3 Å². The molecule has 2 N–H and O–H groups in total. The summed E-state index contributed by atoms with van der Waals surface area (Å²) in [5.74, 6) is 0.143. The Kier molecular flexibility index (Phi) is 5.48. The van der Waals surface area contributed by atoms with E-state index in [1.165, 1.54) is 24.3 Å². The Bertz CT molecular complexity index is 586. The number of piperazine rings is 1.